The Labute approximate surface area is 246 Å². The van der Waals surface area contributed by atoms with Gasteiger partial charge >= 0.3 is 0 Å². The number of likely N-dealkylation sites (N-methyl/N-ethyl adjacent to an activating group) is 1. The zero-order valence-electron chi connectivity index (χ0n) is 24.3. The van der Waals surface area contributed by atoms with Crippen LogP contribution in [0.5, 0.6) is 17.2 Å². The summed E-state index contributed by atoms with van der Waals surface area (Å²) < 4.78 is 58.5. The van der Waals surface area contributed by atoms with Crippen LogP contribution in [0.25, 0.3) is 0 Å². The van der Waals surface area contributed by atoms with Crippen LogP contribution >= 0.6 is 0 Å². The van der Waals surface area contributed by atoms with Crippen molar-refractivity contribution in [2.75, 3.05) is 38.7 Å². The molecule has 0 bridgehead atoms. The molecule has 0 radical (unpaired) electrons. The van der Waals surface area contributed by atoms with E-state index < -0.39 is 34.3 Å². The second kappa shape index (κ2) is 14.5. The Morgan fingerprint density at radius 1 is 0.881 bits per heavy atom. The van der Waals surface area contributed by atoms with Crippen molar-refractivity contribution in [3.05, 3.63) is 78.1 Å². The van der Waals surface area contributed by atoms with Gasteiger partial charge in [0.1, 0.15) is 24.2 Å². The topological polar surface area (TPSA) is 114 Å². The average Bonchev–Trinajstić information content (AvgIpc) is 3.00. The smallest absolute Gasteiger partial charge is 0.264 e. The summed E-state index contributed by atoms with van der Waals surface area (Å²) in [6, 6.07) is 14.9. The van der Waals surface area contributed by atoms with Gasteiger partial charge < -0.3 is 24.4 Å². The lowest BCUT2D eigenvalue weighted by Gasteiger charge is -2.33. The summed E-state index contributed by atoms with van der Waals surface area (Å²) >= 11 is 0. The fourth-order valence-corrected chi connectivity index (χ4v) is 5.81. The summed E-state index contributed by atoms with van der Waals surface area (Å²) in [5, 5.41) is 2.75. The number of nitrogens with zero attached hydrogens (tertiary/aromatic N) is 2. The van der Waals surface area contributed by atoms with Crippen LogP contribution in [-0.4, -0.2) is 65.6 Å². The summed E-state index contributed by atoms with van der Waals surface area (Å²) in [5.74, 6) is -0.449. The van der Waals surface area contributed by atoms with Crippen LogP contribution in [0.3, 0.4) is 0 Å². The van der Waals surface area contributed by atoms with E-state index in [1.54, 1.807) is 38.1 Å². The van der Waals surface area contributed by atoms with E-state index in [-0.39, 0.29) is 35.2 Å². The number of nitrogens with one attached hydrogen (secondary N) is 1. The molecule has 0 aliphatic heterocycles. The maximum absolute atomic E-state index is 14.0. The number of anilines is 1. The second-order valence-corrected chi connectivity index (χ2v) is 11.1. The van der Waals surface area contributed by atoms with Crippen LogP contribution in [0.4, 0.5) is 10.1 Å². The van der Waals surface area contributed by atoms with Crippen molar-refractivity contribution in [3.8, 4) is 17.2 Å². The molecule has 3 rings (SSSR count). The molecule has 1 N–H and O–H groups in total. The Hall–Kier alpha value is -4.32. The minimum Gasteiger partial charge on any atom is -0.497 e. The highest BCUT2D eigenvalue weighted by atomic mass is 32.2. The van der Waals surface area contributed by atoms with E-state index >= 15 is 0 Å². The van der Waals surface area contributed by atoms with Gasteiger partial charge in [-0.25, -0.2) is 12.8 Å². The molecule has 42 heavy (non-hydrogen) atoms. The molecular weight excluding hydrogens is 565 g/mol. The number of rotatable bonds is 14. The highest BCUT2D eigenvalue weighted by Crippen LogP contribution is 2.32. The zero-order valence-corrected chi connectivity index (χ0v) is 25.1. The van der Waals surface area contributed by atoms with Crippen molar-refractivity contribution in [1.82, 2.24) is 10.2 Å². The molecule has 2 amide bonds. The minimum absolute atomic E-state index is 0.0339. The van der Waals surface area contributed by atoms with Gasteiger partial charge in [0, 0.05) is 19.2 Å². The number of methoxy groups -OCH3 is 3. The van der Waals surface area contributed by atoms with Gasteiger partial charge in [-0.05, 0) is 67.4 Å². The molecule has 0 spiro atoms. The maximum atomic E-state index is 14.0. The van der Waals surface area contributed by atoms with Gasteiger partial charge in [-0.15, -0.1) is 0 Å². The van der Waals surface area contributed by atoms with Gasteiger partial charge in [-0.3, -0.25) is 13.9 Å². The predicted molar refractivity (Wildman–Crippen MR) is 157 cm³/mol. The van der Waals surface area contributed by atoms with Crippen molar-refractivity contribution >= 4 is 27.5 Å². The van der Waals surface area contributed by atoms with Crippen molar-refractivity contribution < 1.29 is 36.6 Å². The normalized spacial score (nSPS) is 11.8. The molecule has 0 saturated carbocycles. The summed E-state index contributed by atoms with van der Waals surface area (Å²) in [4.78, 5) is 28.2. The summed E-state index contributed by atoms with van der Waals surface area (Å²) in [5.41, 5.74) is 0.776. The SMILES string of the molecule is CCNC(=O)C(CC)N(Cc1ccc(OC)cc1)C(=O)CN(c1ccc(F)cc1)S(=O)(=O)c1ccc(OC)c(OC)c1. The van der Waals surface area contributed by atoms with Crippen LogP contribution in [0.2, 0.25) is 0 Å². The van der Waals surface area contributed by atoms with E-state index in [0.29, 0.717) is 23.6 Å². The molecule has 0 aliphatic carbocycles. The number of halogens is 1. The van der Waals surface area contributed by atoms with Gasteiger partial charge in [0.2, 0.25) is 11.8 Å². The molecule has 3 aromatic carbocycles. The Morgan fingerprint density at radius 2 is 1.52 bits per heavy atom. The van der Waals surface area contributed by atoms with Gasteiger partial charge in [-0.2, -0.15) is 0 Å². The summed E-state index contributed by atoms with van der Waals surface area (Å²) in [6.07, 6.45) is 0.284. The van der Waals surface area contributed by atoms with E-state index in [4.69, 9.17) is 14.2 Å². The van der Waals surface area contributed by atoms with Crippen LogP contribution < -0.4 is 23.8 Å². The highest BCUT2D eigenvalue weighted by molar-refractivity contribution is 7.92. The third-order valence-corrected chi connectivity index (χ3v) is 8.36. The van der Waals surface area contributed by atoms with E-state index in [0.717, 1.165) is 16.4 Å². The van der Waals surface area contributed by atoms with Crippen molar-refractivity contribution in [2.45, 2.75) is 37.8 Å². The first-order valence-corrected chi connectivity index (χ1v) is 14.7. The van der Waals surface area contributed by atoms with Crippen LogP contribution in [0.1, 0.15) is 25.8 Å². The lowest BCUT2D eigenvalue weighted by Crippen LogP contribution is -2.52. The summed E-state index contributed by atoms with van der Waals surface area (Å²) in [7, 11) is -0.0533. The van der Waals surface area contributed by atoms with Crippen molar-refractivity contribution in [3.63, 3.8) is 0 Å². The molecule has 1 unspecified atom stereocenters. The largest absolute Gasteiger partial charge is 0.497 e. The Kier molecular flexibility index (Phi) is 11.1. The third kappa shape index (κ3) is 7.49. The van der Waals surface area contributed by atoms with Gasteiger partial charge in [0.15, 0.2) is 11.5 Å². The first-order chi connectivity index (χ1) is 20.1. The molecule has 226 valence electrons. The Bertz CT molecular complexity index is 1470. The first-order valence-electron chi connectivity index (χ1n) is 13.3. The van der Waals surface area contributed by atoms with Crippen LogP contribution in [0, 0.1) is 5.82 Å². The molecule has 0 heterocycles. The molecule has 0 aliphatic rings. The van der Waals surface area contributed by atoms with Crippen LogP contribution in [0.15, 0.2) is 71.6 Å². The number of carbonyl (C=O) groups is 2. The van der Waals surface area contributed by atoms with E-state index in [9.17, 15) is 22.4 Å². The van der Waals surface area contributed by atoms with Crippen molar-refractivity contribution in [2.24, 2.45) is 0 Å². The number of benzene rings is 3. The van der Waals surface area contributed by atoms with Crippen LogP contribution in [-0.2, 0) is 26.2 Å². The third-order valence-electron chi connectivity index (χ3n) is 6.59. The number of sulfonamides is 1. The van der Waals surface area contributed by atoms with E-state index in [1.807, 2.05) is 0 Å². The monoisotopic (exact) mass is 601 g/mol. The maximum Gasteiger partial charge on any atom is 0.264 e. The molecule has 12 heteroatoms. The van der Waals surface area contributed by atoms with Crippen molar-refractivity contribution in [1.29, 1.82) is 0 Å². The van der Waals surface area contributed by atoms with Gasteiger partial charge in [0.25, 0.3) is 10.0 Å². The fraction of sp³-hybridized carbons (Fsp3) is 0.333. The number of ether oxygens (including phenoxy) is 3. The number of hydrogen-bond donors (Lipinski definition) is 1. The summed E-state index contributed by atoms with van der Waals surface area (Å²) in [6.45, 7) is 3.27. The van der Waals surface area contributed by atoms with E-state index in [2.05, 4.69) is 5.32 Å². The molecule has 3 aromatic rings. The molecular formula is C30H36FN3O7S. The average molecular weight is 602 g/mol. The fourth-order valence-electron chi connectivity index (χ4n) is 4.38. The number of carbonyl (C=O) groups excluding carboxylic acids is 2. The molecule has 0 saturated heterocycles. The Morgan fingerprint density at radius 3 is 2.07 bits per heavy atom. The van der Waals surface area contributed by atoms with Gasteiger partial charge in [0.05, 0.1) is 31.9 Å². The second-order valence-electron chi connectivity index (χ2n) is 9.19. The zero-order chi connectivity index (χ0) is 30.9. The molecule has 0 fully saturated rings. The highest BCUT2D eigenvalue weighted by Gasteiger charge is 2.34. The minimum atomic E-state index is -4.39. The standard InChI is InChI=1S/C30H36FN3O7S/c1-6-26(30(36)32-7-2)33(19-21-8-14-24(39-3)15-9-21)29(35)20-34(23-12-10-22(31)11-13-23)42(37,38)25-16-17-27(40-4)28(18-25)41-5/h8-18,26H,6-7,19-20H2,1-5H3,(H,32,36). The predicted octanol–water partition coefficient (Wildman–Crippen LogP) is 3.99. The quantitative estimate of drug-likeness (QED) is 0.297. The molecule has 1 atom stereocenters. The number of amides is 2. The first kappa shape index (κ1) is 32.2. The lowest BCUT2D eigenvalue weighted by molar-refractivity contribution is -0.140. The van der Waals surface area contributed by atoms with Gasteiger partial charge in [-0.1, -0.05) is 19.1 Å². The molecule has 0 aromatic heterocycles. The number of hydrogen-bond acceptors (Lipinski definition) is 7. The molecule has 10 nitrogen and oxygen atoms in total. The van der Waals surface area contributed by atoms with E-state index in [1.165, 1.54) is 56.6 Å². The Balaban J connectivity index is 2.08. The lowest BCUT2D eigenvalue weighted by atomic mass is 10.1.